The Labute approximate surface area is 199 Å². The van der Waals surface area contributed by atoms with Gasteiger partial charge in [-0.3, -0.25) is 0 Å². The average Bonchev–Trinajstić information content (AvgIpc) is 2.84. The highest BCUT2D eigenvalue weighted by Crippen LogP contribution is 2.34. The van der Waals surface area contributed by atoms with Crippen LogP contribution < -0.4 is 4.74 Å². The van der Waals surface area contributed by atoms with E-state index in [0.29, 0.717) is 10.9 Å². The van der Waals surface area contributed by atoms with Gasteiger partial charge in [-0.2, -0.15) is 8.78 Å². The van der Waals surface area contributed by atoms with E-state index < -0.39 is 29.8 Å². The summed E-state index contributed by atoms with van der Waals surface area (Å²) in [6.45, 7) is 0.331. The minimum Gasteiger partial charge on any atom is -0.429 e. The van der Waals surface area contributed by atoms with Crippen LogP contribution in [0.5, 0.6) is 5.75 Å². The molecule has 0 aliphatic rings. The predicted octanol–water partition coefficient (Wildman–Crippen LogP) is 8.04. The minimum atomic E-state index is -3.39. The fourth-order valence-electron chi connectivity index (χ4n) is 3.68. The molecule has 0 heterocycles. The van der Waals surface area contributed by atoms with Crippen molar-refractivity contribution in [2.45, 2.75) is 19.5 Å². The summed E-state index contributed by atoms with van der Waals surface area (Å²) in [5.74, 6) is 1.53. The number of hydrogen-bond acceptors (Lipinski definition) is 1. The molecule has 4 aromatic carbocycles. The van der Waals surface area contributed by atoms with E-state index in [1.807, 2.05) is 30.3 Å². The van der Waals surface area contributed by atoms with Gasteiger partial charge in [0.15, 0.2) is 17.4 Å². The fraction of sp³-hybridized carbons (Fsp3) is 0.103. The zero-order valence-corrected chi connectivity index (χ0v) is 18.4. The van der Waals surface area contributed by atoms with Crippen LogP contribution in [0.25, 0.3) is 21.9 Å². The third-order valence-corrected chi connectivity index (χ3v) is 5.41. The molecular formula is C29H19F5O. The molecule has 1 nitrogen and oxygen atoms in total. The highest BCUT2D eigenvalue weighted by Gasteiger charge is 2.19. The van der Waals surface area contributed by atoms with E-state index >= 15 is 4.39 Å². The minimum absolute atomic E-state index is 0.0747. The van der Waals surface area contributed by atoms with Crippen molar-refractivity contribution in [1.82, 2.24) is 0 Å². The Kier molecular flexibility index (Phi) is 7.17. The summed E-state index contributed by atoms with van der Waals surface area (Å²) in [6, 6.07) is 17.3. The molecule has 0 unspecified atom stereocenters. The van der Waals surface area contributed by atoms with Gasteiger partial charge in [0.2, 0.25) is 0 Å². The predicted molar refractivity (Wildman–Crippen MR) is 127 cm³/mol. The second-order valence-corrected chi connectivity index (χ2v) is 7.78. The summed E-state index contributed by atoms with van der Waals surface area (Å²) in [7, 11) is 0. The van der Waals surface area contributed by atoms with Gasteiger partial charge in [-0.25, -0.2) is 13.2 Å². The lowest BCUT2D eigenvalue weighted by Gasteiger charge is -2.11. The van der Waals surface area contributed by atoms with Gasteiger partial charge in [0.25, 0.3) is 0 Å². The number of alkyl halides is 2. The first-order chi connectivity index (χ1) is 16.9. The number of aryl methyl sites for hydroxylation is 1. The molecule has 35 heavy (non-hydrogen) atoms. The van der Waals surface area contributed by atoms with E-state index in [1.54, 1.807) is 18.2 Å². The highest BCUT2D eigenvalue weighted by molar-refractivity contribution is 5.89. The van der Waals surface area contributed by atoms with Crippen molar-refractivity contribution in [3.05, 3.63) is 114 Å². The van der Waals surface area contributed by atoms with Crippen LogP contribution in [-0.2, 0) is 6.42 Å². The lowest BCUT2D eigenvalue weighted by Crippen LogP contribution is -2.06. The molecule has 176 valence electrons. The van der Waals surface area contributed by atoms with E-state index in [2.05, 4.69) is 23.2 Å². The number of fused-ring (bicyclic) bond motifs is 1. The Morgan fingerprint density at radius 1 is 0.829 bits per heavy atom. The van der Waals surface area contributed by atoms with E-state index in [4.69, 9.17) is 0 Å². The third kappa shape index (κ3) is 5.52. The molecule has 0 N–H and O–H groups in total. The first kappa shape index (κ1) is 24.0. The quantitative estimate of drug-likeness (QED) is 0.155. The van der Waals surface area contributed by atoms with Crippen LogP contribution in [0.15, 0.2) is 79.4 Å². The third-order valence-electron chi connectivity index (χ3n) is 5.41. The Hall–Kier alpha value is -4.11. The van der Waals surface area contributed by atoms with Crippen LogP contribution in [-0.4, -0.2) is 6.61 Å². The van der Waals surface area contributed by atoms with Crippen LogP contribution in [0.3, 0.4) is 0 Å². The molecule has 0 spiro atoms. The van der Waals surface area contributed by atoms with Crippen molar-refractivity contribution >= 4 is 10.8 Å². The normalized spacial score (nSPS) is 10.8. The van der Waals surface area contributed by atoms with Crippen LogP contribution in [0.4, 0.5) is 22.0 Å². The summed E-state index contributed by atoms with van der Waals surface area (Å²) in [4.78, 5) is 0. The molecule has 4 rings (SSSR count). The largest absolute Gasteiger partial charge is 0.429 e. The molecule has 0 saturated carbocycles. The van der Waals surface area contributed by atoms with Gasteiger partial charge in [0, 0.05) is 22.1 Å². The second kappa shape index (κ2) is 10.4. The van der Waals surface area contributed by atoms with Crippen LogP contribution in [0, 0.1) is 29.3 Å². The summed E-state index contributed by atoms with van der Waals surface area (Å²) in [6.07, 6.45) is 3.70. The van der Waals surface area contributed by atoms with Gasteiger partial charge >= 0.3 is 6.61 Å². The van der Waals surface area contributed by atoms with Crippen molar-refractivity contribution in [1.29, 1.82) is 0 Å². The van der Waals surface area contributed by atoms with Crippen molar-refractivity contribution in [3.63, 3.8) is 0 Å². The first-order valence-corrected chi connectivity index (χ1v) is 10.7. The number of hydrogen-bond donors (Lipinski definition) is 0. The van der Waals surface area contributed by atoms with Gasteiger partial charge in [0.05, 0.1) is 0 Å². The first-order valence-electron chi connectivity index (χ1n) is 10.7. The smallest absolute Gasteiger partial charge is 0.387 e. The molecule has 4 aromatic rings. The van der Waals surface area contributed by atoms with E-state index in [-0.39, 0.29) is 16.5 Å². The Bertz CT molecular complexity index is 1420. The van der Waals surface area contributed by atoms with Crippen molar-refractivity contribution < 1.29 is 26.7 Å². The Balaban J connectivity index is 1.61. The molecule has 0 amide bonds. The lowest BCUT2D eigenvalue weighted by molar-refractivity contribution is -0.0546. The van der Waals surface area contributed by atoms with Crippen molar-refractivity contribution in [2.75, 3.05) is 0 Å². The van der Waals surface area contributed by atoms with Gasteiger partial charge in [-0.1, -0.05) is 48.2 Å². The van der Waals surface area contributed by atoms with Crippen molar-refractivity contribution in [3.8, 4) is 28.7 Å². The topological polar surface area (TPSA) is 9.23 Å². The van der Waals surface area contributed by atoms with E-state index in [9.17, 15) is 17.6 Å². The van der Waals surface area contributed by atoms with Crippen LogP contribution in [0.2, 0.25) is 0 Å². The zero-order valence-electron chi connectivity index (χ0n) is 18.4. The molecule has 0 atom stereocenters. The number of allylic oxidation sites excluding steroid dienone is 1. The maximum absolute atomic E-state index is 15.2. The van der Waals surface area contributed by atoms with Gasteiger partial charge < -0.3 is 4.74 Å². The summed E-state index contributed by atoms with van der Waals surface area (Å²) < 4.78 is 72.0. The molecule has 0 radical (unpaired) electrons. The molecule has 6 heteroatoms. The van der Waals surface area contributed by atoms with E-state index in [0.717, 1.165) is 30.5 Å². The number of halogens is 5. The van der Waals surface area contributed by atoms with Gasteiger partial charge in [-0.15, -0.1) is 6.58 Å². The molecule has 0 aliphatic heterocycles. The zero-order chi connectivity index (χ0) is 24.9. The van der Waals surface area contributed by atoms with Crippen LogP contribution >= 0.6 is 0 Å². The Morgan fingerprint density at radius 2 is 1.49 bits per heavy atom. The average molecular weight is 478 g/mol. The monoisotopic (exact) mass is 478 g/mol. The summed E-state index contributed by atoms with van der Waals surface area (Å²) in [5.41, 5.74) is 2.50. The number of ether oxygens (including phenoxy) is 1. The van der Waals surface area contributed by atoms with Crippen molar-refractivity contribution in [2.24, 2.45) is 0 Å². The molecule has 0 fully saturated rings. The molecule has 0 aliphatic carbocycles. The van der Waals surface area contributed by atoms with Crippen LogP contribution in [0.1, 0.15) is 23.1 Å². The molecule has 0 aromatic heterocycles. The summed E-state index contributed by atoms with van der Waals surface area (Å²) >= 11 is 0. The molecule has 0 saturated heterocycles. The fourth-order valence-corrected chi connectivity index (χ4v) is 3.68. The van der Waals surface area contributed by atoms with E-state index in [1.165, 1.54) is 17.7 Å². The van der Waals surface area contributed by atoms with Gasteiger partial charge in [0.1, 0.15) is 5.82 Å². The lowest BCUT2D eigenvalue weighted by atomic mass is 9.98. The Morgan fingerprint density at radius 3 is 2.14 bits per heavy atom. The maximum atomic E-state index is 15.2. The standard InChI is InChI=1S/C29H19F5O/c1-2-3-4-18-5-7-19(8-6-18)9-10-20-11-13-23-21(15-20)12-14-24(27(23)32)22-16-25(30)28(26(31)17-22)35-29(33)34/h2,5-8,11-17,29H,1,3-4H2. The highest BCUT2D eigenvalue weighted by atomic mass is 19.3. The molecule has 0 bridgehead atoms. The number of benzene rings is 4. The summed E-state index contributed by atoms with van der Waals surface area (Å²) in [5, 5.41) is 0.782. The van der Waals surface area contributed by atoms with Gasteiger partial charge in [-0.05, 0) is 65.8 Å². The number of rotatable bonds is 6. The SMILES string of the molecule is C=CCCc1ccc(C#Cc2ccc3c(F)c(-c4cc(F)c(OC(F)F)c(F)c4)ccc3c2)cc1. The second-order valence-electron chi connectivity index (χ2n) is 7.78. The molecular weight excluding hydrogens is 459 g/mol. The maximum Gasteiger partial charge on any atom is 0.387 e.